The summed E-state index contributed by atoms with van der Waals surface area (Å²) in [6.07, 6.45) is 1.28. The summed E-state index contributed by atoms with van der Waals surface area (Å²) in [5.74, 6) is 0. The van der Waals surface area contributed by atoms with Crippen LogP contribution in [-0.4, -0.2) is 52.6 Å². The number of piperidine rings is 1. The maximum Gasteiger partial charge on any atom is 0.414 e. The van der Waals surface area contributed by atoms with E-state index in [1.807, 2.05) is 0 Å². The molecule has 1 amide bonds. The fourth-order valence-electron chi connectivity index (χ4n) is 4.01. The van der Waals surface area contributed by atoms with Gasteiger partial charge in [-0.15, -0.1) is 0 Å². The van der Waals surface area contributed by atoms with E-state index in [4.69, 9.17) is 16.3 Å². The maximum atomic E-state index is 13.2. The van der Waals surface area contributed by atoms with E-state index in [1.54, 1.807) is 23.1 Å². The number of anilines is 1. The van der Waals surface area contributed by atoms with E-state index >= 15 is 0 Å². The summed E-state index contributed by atoms with van der Waals surface area (Å²) < 4.78 is 57.0. The molecule has 2 aromatic rings. The van der Waals surface area contributed by atoms with Crippen molar-refractivity contribution in [2.24, 2.45) is 0 Å². The van der Waals surface area contributed by atoms with Crippen molar-refractivity contribution >= 4 is 43.2 Å². The van der Waals surface area contributed by atoms with Gasteiger partial charge >= 0.3 is 6.09 Å². The van der Waals surface area contributed by atoms with Gasteiger partial charge in [-0.3, -0.25) is 4.90 Å². The van der Waals surface area contributed by atoms with Crippen LogP contribution in [0.25, 0.3) is 0 Å². The Labute approximate surface area is 186 Å². The number of ether oxygens (including phenoxy) is 1. The highest BCUT2D eigenvalue weighted by molar-refractivity contribution is 7.93. The average Bonchev–Trinajstić information content (AvgIpc) is 2.73. The van der Waals surface area contributed by atoms with Gasteiger partial charge in [-0.1, -0.05) is 23.7 Å². The van der Waals surface area contributed by atoms with Crippen LogP contribution >= 0.6 is 11.6 Å². The zero-order chi connectivity index (χ0) is 22.4. The highest BCUT2D eigenvalue weighted by atomic mass is 35.5. The molecule has 166 valence electrons. The Morgan fingerprint density at radius 3 is 2.29 bits per heavy atom. The van der Waals surface area contributed by atoms with Crippen LogP contribution in [0.15, 0.2) is 52.3 Å². The number of sulfone groups is 1. The van der Waals surface area contributed by atoms with Crippen LogP contribution in [0, 0.1) is 0 Å². The smallest absolute Gasteiger partial charge is 0.414 e. The standard InChI is InChI=1S/C20H21ClN2O6S2/c1-30(25,26)18-4-2-3-5-19(18)31(27,28)22-10-8-16(9-11-22)23-17-7-6-15(21)12-14(17)13-29-20(23)24/h2-7,12,16H,8-11,13H2,1H3. The molecule has 0 saturated carbocycles. The van der Waals surface area contributed by atoms with Gasteiger partial charge in [0.25, 0.3) is 0 Å². The lowest BCUT2D eigenvalue weighted by molar-refractivity contribution is 0.136. The van der Waals surface area contributed by atoms with E-state index in [1.165, 1.54) is 28.6 Å². The molecule has 2 aliphatic rings. The van der Waals surface area contributed by atoms with Crippen molar-refractivity contribution in [2.75, 3.05) is 24.2 Å². The summed E-state index contributed by atoms with van der Waals surface area (Å²) in [6.45, 7) is 0.441. The SMILES string of the molecule is CS(=O)(=O)c1ccccc1S(=O)(=O)N1CCC(N2C(=O)OCc3cc(Cl)ccc32)CC1. The van der Waals surface area contributed by atoms with Gasteiger partial charge in [0.05, 0.1) is 10.6 Å². The minimum Gasteiger partial charge on any atom is -0.444 e. The van der Waals surface area contributed by atoms with Gasteiger partial charge in [-0.2, -0.15) is 4.31 Å². The Morgan fingerprint density at radius 2 is 1.65 bits per heavy atom. The van der Waals surface area contributed by atoms with E-state index in [0.29, 0.717) is 23.6 Å². The van der Waals surface area contributed by atoms with E-state index in [2.05, 4.69) is 0 Å². The van der Waals surface area contributed by atoms with E-state index in [9.17, 15) is 21.6 Å². The van der Waals surface area contributed by atoms with Crippen LogP contribution in [0.2, 0.25) is 5.02 Å². The molecule has 0 radical (unpaired) electrons. The molecular weight excluding hydrogens is 464 g/mol. The molecule has 31 heavy (non-hydrogen) atoms. The number of halogens is 1. The zero-order valence-corrected chi connectivity index (χ0v) is 19.1. The minimum atomic E-state index is -4.01. The molecule has 2 aliphatic heterocycles. The van der Waals surface area contributed by atoms with Crippen molar-refractivity contribution in [1.82, 2.24) is 4.31 Å². The third-order valence-corrected chi connectivity index (χ3v) is 8.98. The number of amides is 1. The predicted octanol–water partition coefficient (Wildman–Crippen LogP) is 3.05. The largest absolute Gasteiger partial charge is 0.444 e. The van der Waals surface area contributed by atoms with Crippen molar-refractivity contribution in [1.29, 1.82) is 0 Å². The Bertz CT molecular complexity index is 1240. The van der Waals surface area contributed by atoms with Gasteiger partial charge in [0.1, 0.15) is 11.5 Å². The van der Waals surface area contributed by atoms with Crippen molar-refractivity contribution in [3.05, 3.63) is 53.1 Å². The first-order valence-corrected chi connectivity index (χ1v) is 13.3. The Kier molecular flexibility index (Phi) is 5.76. The molecule has 0 bridgehead atoms. The molecular formula is C20H21ClN2O6S2. The van der Waals surface area contributed by atoms with E-state index in [-0.39, 0.29) is 35.5 Å². The molecule has 2 aromatic carbocycles. The fourth-order valence-corrected chi connectivity index (χ4v) is 7.27. The molecule has 0 atom stereocenters. The quantitative estimate of drug-likeness (QED) is 0.661. The first-order chi connectivity index (χ1) is 14.6. The summed E-state index contributed by atoms with van der Waals surface area (Å²) in [5, 5.41) is 0.544. The first kappa shape index (κ1) is 22.1. The van der Waals surface area contributed by atoms with Gasteiger partial charge in [0.15, 0.2) is 9.84 Å². The number of sulfonamides is 1. The van der Waals surface area contributed by atoms with Gasteiger partial charge in [-0.05, 0) is 43.2 Å². The fraction of sp³-hybridized carbons (Fsp3) is 0.350. The highest BCUT2D eigenvalue weighted by Gasteiger charge is 2.38. The number of carbonyl (C=O) groups is 1. The van der Waals surface area contributed by atoms with Gasteiger partial charge in [0.2, 0.25) is 10.0 Å². The summed E-state index contributed by atoms with van der Waals surface area (Å²) in [7, 11) is -7.72. The topological polar surface area (TPSA) is 101 Å². The van der Waals surface area contributed by atoms with Crippen LogP contribution < -0.4 is 4.90 Å². The number of rotatable bonds is 4. The van der Waals surface area contributed by atoms with Crippen molar-refractivity contribution < 1.29 is 26.4 Å². The Morgan fingerprint density at radius 1 is 1.00 bits per heavy atom. The number of hydrogen-bond acceptors (Lipinski definition) is 6. The second-order valence-corrected chi connectivity index (χ2v) is 11.9. The normalized spacial score (nSPS) is 18.5. The third-order valence-electron chi connectivity index (χ3n) is 5.50. The summed E-state index contributed by atoms with van der Waals surface area (Å²) in [6, 6.07) is 10.6. The molecule has 1 saturated heterocycles. The Balaban J connectivity index is 1.57. The van der Waals surface area contributed by atoms with E-state index < -0.39 is 26.0 Å². The highest BCUT2D eigenvalue weighted by Crippen LogP contribution is 2.35. The lowest BCUT2D eigenvalue weighted by atomic mass is 10.0. The molecule has 8 nitrogen and oxygen atoms in total. The average molecular weight is 485 g/mol. The van der Waals surface area contributed by atoms with Crippen LogP contribution in [0.5, 0.6) is 0 Å². The third kappa shape index (κ3) is 4.17. The molecule has 11 heteroatoms. The van der Waals surface area contributed by atoms with Crippen LogP contribution in [0.4, 0.5) is 10.5 Å². The molecule has 0 aliphatic carbocycles. The van der Waals surface area contributed by atoms with Gasteiger partial charge < -0.3 is 4.74 Å². The number of cyclic esters (lactones) is 1. The number of nitrogens with zero attached hydrogens (tertiary/aromatic N) is 2. The number of hydrogen-bond donors (Lipinski definition) is 0. The Hall–Kier alpha value is -2.14. The van der Waals surface area contributed by atoms with E-state index in [0.717, 1.165) is 11.8 Å². The monoisotopic (exact) mass is 484 g/mol. The molecule has 0 N–H and O–H groups in total. The number of benzene rings is 2. The zero-order valence-electron chi connectivity index (χ0n) is 16.7. The van der Waals surface area contributed by atoms with Crippen molar-refractivity contribution in [2.45, 2.75) is 35.3 Å². The molecule has 0 spiro atoms. The maximum absolute atomic E-state index is 13.2. The molecule has 0 aromatic heterocycles. The summed E-state index contributed by atoms with van der Waals surface area (Å²) in [4.78, 5) is 13.6. The summed E-state index contributed by atoms with van der Waals surface area (Å²) >= 11 is 6.04. The lowest BCUT2D eigenvalue weighted by Gasteiger charge is -2.39. The second-order valence-electron chi connectivity index (χ2n) is 7.55. The second kappa shape index (κ2) is 8.09. The molecule has 4 rings (SSSR count). The van der Waals surface area contributed by atoms with Crippen LogP contribution in [-0.2, 0) is 31.2 Å². The van der Waals surface area contributed by atoms with Gasteiger partial charge in [-0.25, -0.2) is 21.6 Å². The molecule has 1 fully saturated rings. The lowest BCUT2D eigenvalue weighted by Crippen LogP contribution is -2.50. The number of carbonyl (C=O) groups excluding carboxylic acids is 1. The first-order valence-electron chi connectivity index (χ1n) is 9.62. The molecule has 0 unspecified atom stereocenters. The van der Waals surface area contributed by atoms with Crippen molar-refractivity contribution in [3.8, 4) is 0 Å². The predicted molar refractivity (Wildman–Crippen MR) is 115 cm³/mol. The van der Waals surface area contributed by atoms with Crippen LogP contribution in [0.1, 0.15) is 18.4 Å². The number of fused-ring (bicyclic) bond motifs is 1. The van der Waals surface area contributed by atoms with Crippen LogP contribution in [0.3, 0.4) is 0 Å². The minimum absolute atomic E-state index is 0.140. The van der Waals surface area contributed by atoms with Crippen molar-refractivity contribution in [3.63, 3.8) is 0 Å². The van der Waals surface area contributed by atoms with Gasteiger partial charge in [0, 0.05) is 36.0 Å². The summed E-state index contributed by atoms with van der Waals surface area (Å²) in [5.41, 5.74) is 1.51. The molecule has 2 heterocycles.